The Labute approximate surface area is 50.1 Å². The molecule has 0 amide bonds. The van der Waals surface area contributed by atoms with E-state index in [2.05, 4.69) is 6.26 Å². The maximum absolute atomic E-state index is 10.2. The predicted molar refractivity (Wildman–Crippen MR) is 34.0 cm³/mol. The van der Waals surface area contributed by atoms with E-state index < -0.39 is 9.84 Å². The molecule has 0 spiro atoms. The second kappa shape index (κ2) is 2.87. The normalized spacial score (nSPS) is 12.8. The zero-order valence-electron chi connectivity index (χ0n) is 4.79. The molecule has 0 saturated heterocycles. The molecular formula is C5H9O2S. The van der Waals surface area contributed by atoms with Gasteiger partial charge in [0.2, 0.25) is 0 Å². The molecule has 0 atom stereocenters. The summed E-state index contributed by atoms with van der Waals surface area (Å²) < 4.78 is 20.5. The smallest absolute Gasteiger partial charge is 0.154 e. The van der Waals surface area contributed by atoms with E-state index in [-0.39, 0.29) is 5.75 Å². The van der Waals surface area contributed by atoms with Gasteiger partial charge in [0.15, 0.2) is 9.84 Å². The van der Waals surface area contributed by atoms with Crippen molar-refractivity contribution in [2.24, 2.45) is 0 Å². The van der Waals surface area contributed by atoms with Crippen molar-refractivity contribution in [3.63, 3.8) is 0 Å². The van der Waals surface area contributed by atoms with Crippen LogP contribution in [0, 0.1) is 6.26 Å². The van der Waals surface area contributed by atoms with E-state index in [0.29, 0.717) is 0 Å². The lowest BCUT2D eigenvalue weighted by molar-refractivity contribution is 0.607. The fourth-order valence-electron chi connectivity index (χ4n) is 0.243. The van der Waals surface area contributed by atoms with Gasteiger partial charge in [-0.15, -0.1) is 0 Å². The Balaban J connectivity index is 3.76. The summed E-state index contributed by atoms with van der Waals surface area (Å²) in [5.41, 5.74) is 0. The lowest BCUT2D eigenvalue weighted by Gasteiger charge is -1.84. The van der Waals surface area contributed by atoms with Crippen LogP contribution in [0.2, 0.25) is 0 Å². The summed E-state index contributed by atoms with van der Waals surface area (Å²) in [5, 5.41) is 0. The second-order valence-corrected chi connectivity index (χ2v) is 3.30. The zero-order chi connectivity index (χ0) is 6.62. The first-order chi connectivity index (χ1) is 3.56. The van der Waals surface area contributed by atoms with Crippen molar-refractivity contribution in [2.75, 3.05) is 5.75 Å². The maximum atomic E-state index is 10.2. The van der Waals surface area contributed by atoms with Gasteiger partial charge < -0.3 is 0 Å². The second-order valence-electron chi connectivity index (χ2n) is 1.48. The van der Waals surface area contributed by atoms with E-state index in [4.69, 9.17) is 0 Å². The number of hydrogen-bond donors (Lipinski definition) is 0. The molecule has 2 nitrogen and oxygen atoms in total. The summed E-state index contributed by atoms with van der Waals surface area (Å²) >= 11 is 0. The number of sulfone groups is 1. The molecule has 0 fully saturated rings. The van der Waals surface area contributed by atoms with E-state index >= 15 is 0 Å². The molecule has 0 unspecified atom stereocenters. The van der Waals surface area contributed by atoms with E-state index in [1.54, 1.807) is 19.1 Å². The van der Waals surface area contributed by atoms with Crippen LogP contribution < -0.4 is 0 Å². The van der Waals surface area contributed by atoms with E-state index in [1.165, 1.54) is 0 Å². The molecule has 0 aliphatic heterocycles. The minimum absolute atomic E-state index is 0.0451. The summed E-state index contributed by atoms with van der Waals surface area (Å²) in [7, 11) is -3.02. The average Bonchev–Trinajstić information content (AvgIpc) is 1.59. The van der Waals surface area contributed by atoms with Gasteiger partial charge in [-0.25, -0.2) is 8.42 Å². The molecule has 0 aliphatic carbocycles. The van der Waals surface area contributed by atoms with Crippen LogP contribution in [0.15, 0.2) is 12.2 Å². The van der Waals surface area contributed by atoms with Gasteiger partial charge in [0.05, 0.1) is 12.0 Å². The highest BCUT2D eigenvalue weighted by Gasteiger charge is 1.94. The molecule has 0 bridgehead atoms. The Hall–Kier alpha value is -0.310. The Morgan fingerprint density at radius 2 is 2.12 bits per heavy atom. The lowest BCUT2D eigenvalue weighted by atomic mass is 10.6. The molecule has 47 valence electrons. The third-order valence-corrected chi connectivity index (χ3v) is 1.29. The van der Waals surface area contributed by atoms with Crippen molar-refractivity contribution in [1.82, 2.24) is 0 Å². The van der Waals surface area contributed by atoms with Gasteiger partial charge in [0.25, 0.3) is 0 Å². The zero-order valence-corrected chi connectivity index (χ0v) is 5.61. The third kappa shape index (κ3) is 5.69. The van der Waals surface area contributed by atoms with Crippen LogP contribution in [-0.2, 0) is 9.84 Å². The molecule has 0 saturated carbocycles. The number of hydrogen-bond acceptors (Lipinski definition) is 2. The summed E-state index contributed by atoms with van der Waals surface area (Å²) in [4.78, 5) is 0. The molecule has 0 rings (SSSR count). The van der Waals surface area contributed by atoms with E-state index in [0.717, 1.165) is 0 Å². The van der Waals surface area contributed by atoms with Gasteiger partial charge in [-0.2, -0.15) is 0 Å². The van der Waals surface area contributed by atoms with Gasteiger partial charge >= 0.3 is 0 Å². The van der Waals surface area contributed by atoms with Gasteiger partial charge in [-0.3, -0.25) is 0 Å². The minimum atomic E-state index is -3.02. The number of allylic oxidation sites excluding steroid dienone is 1. The molecule has 0 N–H and O–H groups in total. The summed E-state index contributed by atoms with van der Waals surface area (Å²) in [6, 6.07) is 0. The molecular weight excluding hydrogens is 124 g/mol. The highest BCUT2D eigenvalue weighted by atomic mass is 32.2. The topological polar surface area (TPSA) is 34.1 Å². The molecule has 0 aromatic carbocycles. The van der Waals surface area contributed by atoms with Crippen LogP contribution in [0.3, 0.4) is 0 Å². The van der Waals surface area contributed by atoms with Gasteiger partial charge in [0, 0.05) is 0 Å². The van der Waals surface area contributed by atoms with Gasteiger partial charge in [0.1, 0.15) is 0 Å². The van der Waals surface area contributed by atoms with Crippen molar-refractivity contribution in [3.05, 3.63) is 18.4 Å². The third-order valence-electron chi connectivity index (χ3n) is 0.586. The summed E-state index contributed by atoms with van der Waals surface area (Å²) in [6.07, 6.45) is 6.17. The Bertz CT molecular complexity index is 165. The van der Waals surface area contributed by atoms with E-state index in [1.807, 2.05) is 0 Å². The fraction of sp³-hybridized carbons (Fsp3) is 0.400. The summed E-state index contributed by atoms with van der Waals surface area (Å²) in [5.74, 6) is 0.0451. The standard InChI is InChI=1S/C5H9O2S/c1-3-4-5-8(2,6)7/h3-4H,2,5H2,1H3/b4-3+. The Morgan fingerprint density at radius 3 is 2.25 bits per heavy atom. The first-order valence-corrected chi connectivity index (χ1v) is 4.05. The summed E-state index contributed by atoms with van der Waals surface area (Å²) in [6.45, 7) is 1.77. The lowest BCUT2D eigenvalue weighted by Crippen LogP contribution is -1.95. The van der Waals surface area contributed by atoms with Crippen molar-refractivity contribution < 1.29 is 8.42 Å². The van der Waals surface area contributed by atoms with Crippen LogP contribution in [0.1, 0.15) is 6.92 Å². The first-order valence-electron chi connectivity index (χ1n) is 2.23. The number of rotatable bonds is 2. The van der Waals surface area contributed by atoms with Crippen LogP contribution >= 0.6 is 0 Å². The minimum Gasteiger partial charge on any atom is -0.228 e. The van der Waals surface area contributed by atoms with Crippen LogP contribution in [-0.4, -0.2) is 14.2 Å². The fourth-order valence-corrected chi connectivity index (χ4v) is 0.729. The Morgan fingerprint density at radius 1 is 1.62 bits per heavy atom. The SMILES string of the molecule is [CH2]S(=O)(=O)C/C=C/C. The first kappa shape index (κ1) is 7.69. The Kier molecular flexibility index (Phi) is 2.76. The molecule has 0 aromatic heterocycles. The highest BCUT2D eigenvalue weighted by Crippen LogP contribution is 1.84. The van der Waals surface area contributed by atoms with E-state index in [9.17, 15) is 8.42 Å². The van der Waals surface area contributed by atoms with Crippen LogP contribution in [0.5, 0.6) is 0 Å². The molecule has 0 aliphatic rings. The molecule has 1 radical (unpaired) electrons. The molecule has 3 heteroatoms. The van der Waals surface area contributed by atoms with Crippen LogP contribution in [0.4, 0.5) is 0 Å². The monoisotopic (exact) mass is 133 g/mol. The van der Waals surface area contributed by atoms with Crippen LogP contribution in [0.25, 0.3) is 0 Å². The maximum Gasteiger partial charge on any atom is 0.154 e. The molecule has 0 heterocycles. The highest BCUT2D eigenvalue weighted by molar-refractivity contribution is 7.92. The van der Waals surface area contributed by atoms with Gasteiger partial charge in [-0.1, -0.05) is 12.2 Å². The predicted octanol–water partition coefficient (Wildman–Crippen LogP) is 0.769. The van der Waals surface area contributed by atoms with Gasteiger partial charge in [-0.05, 0) is 6.92 Å². The quantitative estimate of drug-likeness (QED) is 0.521. The van der Waals surface area contributed by atoms with Crippen molar-refractivity contribution in [3.8, 4) is 0 Å². The van der Waals surface area contributed by atoms with Crippen molar-refractivity contribution >= 4 is 9.84 Å². The average molecular weight is 133 g/mol. The molecule has 0 aromatic rings. The molecule has 8 heavy (non-hydrogen) atoms. The van der Waals surface area contributed by atoms with Crippen molar-refractivity contribution in [2.45, 2.75) is 6.92 Å². The largest absolute Gasteiger partial charge is 0.228 e. The van der Waals surface area contributed by atoms with Crippen molar-refractivity contribution in [1.29, 1.82) is 0 Å².